The molecule has 0 atom stereocenters. The molecule has 0 aliphatic rings. The molecule has 0 aromatic carbocycles. The summed E-state index contributed by atoms with van der Waals surface area (Å²) in [6.45, 7) is 4.93. The van der Waals surface area contributed by atoms with E-state index >= 15 is 0 Å². The topological polar surface area (TPSA) is 67.4 Å². The van der Waals surface area contributed by atoms with Gasteiger partial charge in [-0.25, -0.2) is 4.68 Å². The SMILES string of the molecule is CC(C)Cn1nnc(C#N)c1-c1cccnc1. The van der Waals surface area contributed by atoms with Crippen molar-refractivity contribution in [2.75, 3.05) is 0 Å². The highest BCUT2D eigenvalue weighted by molar-refractivity contribution is 5.63. The molecule has 0 aliphatic heterocycles. The van der Waals surface area contributed by atoms with Crippen molar-refractivity contribution in [2.24, 2.45) is 5.92 Å². The van der Waals surface area contributed by atoms with E-state index in [2.05, 4.69) is 35.2 Å². The third-order valence-corrected chi connectivity index (χ3v) is 2.31. The molecule has 0 unspecified atom stereocenters. The maximum atomic E-state index is 9.04. The van der Waals surface area contributed by atoms with Gasteiger partial charge in [0.2, 0.25) is 0 Å². The fourth-order valence-electron chi connectivity index (χ4n) is 1.65. The highest BCUT2D eigenvalue weighted by Gasteiger charge is 2.15. The molecule has 2 rings (SSSR count). The van der Waals surface area contributed by atoms with Crippen LogP contribution in [0.2, 0.25) is 0 Å². The Kier molecular flexibility index (Phi) is 3.15. The third-order valence-electron chi connectivity index (χ3n) is 2.31. The zero-order chi connectivity index (χ0) is 12.3. The summed E-state index contributed by atoms with van der Waals surface area (Å²) < 4.78 is 1.76. The second-order valence-corrected chi connectivity index (χ2v) is 4.22. The minimum absolute atomic E-state index is 0.346. The summed E-state index contributed by atoms with van der Waals surface area (Å²) in [7, 11) is 0. The molecule has 0 N–H and O–H groups in total. The zero-order valence-electron chi connectivity index (χ0n) is 9.83. The normalized spacial score (nSPS) is 10.5. The van der Waals surface area contributed by atoms with Gasteiger partial charge in [-0.1, -0.05) is 19.1 Å². The predicted octanol–water partition coefficient (Wildman–Crippen LogP) is 1.87. The monoisotopic (exact) mass is 227 g/mol. The van der Waals surface area contributed by atoms with E-state index in [1.807, 2.05) is 12.1 Å². The fourth-order valence-corrected chi connectivity index (χ4v) is 1.65. The lowest BCUT2D eigenvalue weighted by Crippen LogP contribution is -2.08. The van der Waals surface area contributed by atoms with Crippen molar-refractivity contribution >= 4 is 0 Å². The lowest BCUT2D eigenvalue weighted by atomic mass is 10.1. The Morgan fingerprint density at radius 1 is 1.47 bits per heavy atom. The summed E-state index contributed by atoms with van der Waals surface area (Å²) in [6.07, 6.45) is 3.42. The Morgan fingerprint density at radius 3 is 2.88 bits per heavy atom. The Bertz CT molecular complexity index is 536. The van der Waals surface area contributed by atoms with Crippen molar-refractivity contribution in [2.45, 2.75) is 20.4 Å². The molecule has 86 valence electrons. The van der Waals surface area contributed by atoms with E-state index in [0.717, 1.165) is 17.8 Å². The Hall–Kier alpha value is -2.22. The molecule has 5 nitrogen and oxygen atoms in total. The molecule has 2 aromatic rings. The van der Waals surface area contributed by atoms with Gasteiger partial charge >= 0.3 is 0 Å². The molecule has 0 spiro atoms. The first-order chi connectivity index (χ1) is 8.22. The molecule has 5 heteroatoms. The number of nitrogens with zero attached hydrogens (tertiary/aromatic N) is 5. The summed E-state index contributed by atoms with van der Waals surface area (Å²) in [5.41, 5.74) is 1.96. The second kappa shape index (κ2) is 4.74. The number of hydrogen-bond donors (Lipinski definition) is 0. The predicted molar refractivity (Wildman–Crippen MR) is 62.8 cm³/mol. The molecule has 2 heterocycles. The Labute approximate surface area is 99.7 Å². The van der Waals surface area contributed by atoms with Gasteiger partial charge < -0.3 is 0 Å². The molecule has 17 heavy (non-hydrogen) atoms. The van der Waals surface area contributed by atoms with Crippen molar-refractivity contribution in [3.8, 4) is 17.3 Å². The molecular weight excluding hydrogens is 214 g/mol. The lowest BCUT2D eigenvalue weighted by Gasteiger charge is -2.08. The van der Waals surface area contributed by atoms with Crippen molar-refractivity contribution in [3.63, 3.8) is 0 Å². The summed E-state index contributed by atoms with van der Waals surface area (Å²) in [6, 6.07) is 5.81. The van der Waals surface area contributed by atoms with E-state index in [1.54, 1.807) is 17.1 Å². The van der Waals surface area contributed by atoms with Crippen LogP contribution in [0.3, 0.4) is 0 Å². The van der Waals surface area contributed by atoms with Crippen LogP contribution in [0.5, 0.6) is 0 Å². The van der Waals surface area contributed by atoms with E-state index < -0.39 is 0 Å². The minimum atomic E-state index is 0.346. The lowest BCUT2D eigenvalue weighted by molar-refractivity contribution is 0.475. The van der Waals surface area contributed by atoms with Crippen LogP contribution >= 0.6 is 0 Å². The highest BCUT2D eigenvalue weighted by atomic mass is 15.4. The van der Waals surface area contributed by atoms with E-state index in [1.165, 1.54) is 0 Å². The quantitative estimate of drug-likeness (QED) is 0.802. The average Bonchev–Trinajstić information content (AvgIpc) is 2.72. The van der Waals surface area contributed by atoms with Gasteiger partial charge in [0.15, 0.2) is 5.69 Å². The molecular formula is C12H13N5. The van der Waals surface area contributed by atoms with Crippen molar-refractivity contribution < 1.29 is 0 Å². The van der Waals surface area contributed by atoms with Crippen molar-refractivity contribution in [1.29, 1.82) is 5.26 Å². The smallest absolute Gasteiger partial charge is 0.190 e. The van der Waals surface area contributed by atoms with Crippen LogP contribution in [-0.2, 0) is 6.54 Å². The molecule has 2 aromatic heterocycles. The average molecular weight is 227 g/mol. The molecule has 0 saturated heterocycles. The van der Waals surface area contributed by atoms with Crippen LogP contribution in [0.4, 0.5) is 0 Å². The Morgan fingerprint density at radius 2 is 2.29 bits per heavy atom. The highest BCUT2D eigenvalue weighted by Crippen LogP contribution is 2.21. The van der Waals surface area contributed by atoms with E-state index in [-0.39, 0.29) is 0 Å². The number of hydrogen-bond acceptors (Lipinski definition) is 4. The summed E-state index contributed by atoms with van der Waals surface area (Å²) in [4.78, 5) is 4.06. The first kappa shape index (κ1) is 11.3. The molecule has 0 radical (unpaired) electrons. The number of pyridine rings is 1. The van der Waals surface area contributed by atoms with Crippen LogP contribution in [-0.4, -0.2) is 20.0 Å². The van der Waals surface area contributed by atoms with Gasteiger partial charge in [0.05, 0.1) is 0 Å². The molecule has 0 fully saturated rings. The van der Waals surface area contributed by atoms with Gasteiger partial charge in [0.25, 0.3) is 0 Å². The largest absolute Gasteiger partial charge is 0.264 e. The first-order valence-corrected chi connectivity index (χ1v) is 5.46. The fraction of sp³-hybridized carbons (Fsp3) is 0.333. The Balaban J connectivity index is 2.51. The second-order valence-electron chi connectivity index (χ2n) is 4.22. The maximum absolute atomic E-state index is 9.04. The van der Waals surface area contributed by atoms with Crippen LogP contribution in [0, 0.1) is 17.2 Å². The van der Waals surface area contributed by atoms with Gasteiger partial charge in [-0.3, -0.25) is 4.98 Å². The van der Waals surface area contributed by atoms with Gasteiger partial charge in [-0.15, -0.1) is 5.10 Å². The van der Waals surface area contributed by atoms with Gasteiger partial charge in [0.1, 0.15) is 11.8 Å². The van der Waals surface area contributed by atoms with Gasteiger partial charge in [0, 0.05) is 24.5 Å². The molecule has 0 saturated carbocycles. The van der Waals surface area contributed by atoms with Crippen LogP contribution in [0.15, 0.2) is 24.5 Å². The number of rotatable bonds is 3. The van der Waals surface area contributed by atoms with E-state index in [0.29, 0.717) is 11.6 Å². The molecule has 0 aliphatic carbocycles. The molecule has 0 amide bonds. The van der Waals surface area contributed by atoms with Crippen LogP contribution in [0.25, 0.3) is 11.3 Å². The van der Waals surface area contributed by atoms with Crippen molar-refractivity contribution in [1.82, 2.24) is 20.0 Å². The van der Waals surface area contributed by atoms with E-state index in [9.17, 15) is 0 Å². The zero-order valence-corrected chi connectivity index (χ0v) is 9.83. The molecule has 0 bridgehead atoms. The van der Waals surface area contributed by atoms with Gasteiger partial charge in [-0.2, -0.15) is 5.26 Å². The van der Waals surface area contributed by atoms with Crippen LogP contribution < -0.4 is 0 Å². The summed E-state index contributed by atoms with van der Waals surface area (Å²) in [5.74, 6) is 0.443. The summed E-state index contributed by atoms with van der Waals surface area (Å²) >= 11 is 0. The third kappa shape index (κ3) is 2.31. The first-order valence-electron chi connectivity index (χ1n) is 5.46. The van der Waals surface area contributed by atoms with Gasteiger partial charge in [-0.05, 0) is 18.1 Å². The maximum Gasteiger partial charge on any atom is 0.190 e. The number of nitriles is 1. The van der Waals surface area contributed by atoms with Crippen molar-refractivity contribution in [3.05, 3.63) is 30.2 Å². The minimum Gasteiger partial charge on any atom is -0.264 e. The number of aromatic nitrogens is 4. The van der Waals surface area contributed by atoms with E-state index in [4.69, 9.17) is 5.26 Å². The standard InChI is InChI=1S/C12H13N5/c1-9(2)8-17-12(11(6-13)15-16-17)10-4-3-5-14-7-10/h3-5,7,9H,8H2,1-2H3. The van der Waals surface area contributed by atoms with Crippen LogP contribution in [0.1, 0.15) is 19.5 Å². The summed E-state index contributed by atoms with van der Waals surface area (Å²) in [5, 5.41) is 16.9.